The lowest BCUT2D eigenvalue weighted by atomic mass is 10.2. The summed E-state index contributed by atoms with van der Waals surface area (Å²) >= 11 is 3.08. The van der Waals surface area contributed by atoms with E-state index in [4.69, 9.17) is 5.11 Å². The quantitative estimate of drug-likeness (QED) is 0.642. The third-order valence-electron chi connectivity index (χ3n) is 2.27. The molecule has 0 fully saturated rings. The third-order valence-corrected chi connectivity index (χ3v) is 2.90. The minimum absolute atomic E-state index is 0.0106. The molecule has 0 aliphatic heterocycles. The van der Waals surface area contributed by atoms with Gasteiger partial charge in [-0.3, -0.25) is 9.59 Å². The van der Waals surface area contributed by atoms with Crippen molar-refractivity contribution in [1.82, 2.24) is 9.88 Å². The van der Waals surface area contributed by atoms with Gasteiger partial charge >= 0.3 is 11.8 Å². The standard InChI is InChI=1S/C10H10BrN3O5/c1-13(3-2-9(15)16)10(17)6-4-8(14(18)19)12-5-7(6)11/h4-5H,2-3H2,1H3,(H,15,16). The van der Waals surface area contributed by atoms with Crippen molar-refractivity contribution in [3.63, 3.8) is 0 Å². The first-order chi connectivity index (χ1) is 8.82. The fourth-order valence-electron chi connectivity index (χ4n) is 1.26. The molecule has 1 amide bonds. The molecule has 0 aromatic carbocycles. The number of carbonyl (C=O) groups is 2. The van der Waals surface area contributed by atoms with Crippen LogP contribution in [-0.4, -0.2) is 45.4 Å². The average Bonchev–Trinajstić information content (AvgIpc) is 2.35. The highest BCUT2D eigenvalue weighted by Crippen LogP contribution is 2.21. The second kappa shape index (κ2) is 6.23. The lowest BCUT2D eigenvalue weighted by Crippen LogP contribution is -2.29. The molecule has 0 aliphatic rings. The maximum absolute atomic E-state index is 12.0. The van der Waals surface area contributed by atoms with Crippen LogP contribution in [0.3, 0.4) is 0 Å². The normalized spacial score (nSPS) is 10.0. The monoisotopic (exact) mass is 331 g/mol. The number of aromatic nitrogens is 1. The minimum Gasteiger partial charge on any atom is -0.481 e. The zero-order chi connectivity index (χ0) is 14.6. The molecule has 8 nitrogen and oxygen atoms in total. The maximum Gasteiger partial charge on any atom is 0.364 e. The van der Waals surface area contributed by atoms with Crippen molar-refractivity contribution >= 4 is 33.6 Å². The number of carboxylic acid groups (broad SMARTS) is 1. The number of halogens is 1. The summed E-state index contributed by atoms with van der Waals surface area (Å²) in [4.78, 5) is 37.0. The zero-order valence-corrected chi connectivity index (χ0v) is 11.5. The molecule has 0 saturated heterocycles. The Morgan fingerprint density at radius 1 is 1.58 bits per heavy atom. The number of nitrogens with zero attached hydrogens (tertiary/aromatic N) is 3. The van der Waals surface area contributed by atoms with Crippen LogP contribution in [0.1, 0.15) is 16.8 Å². The van der Waals surface area contributed by atoms with Gasteiger partial charge in [0.25, 0.3) is 5.91 Å². The Morgan fingerprint density at radius 3 is 2.74 bits per heavy atom. The highest BCUT2D eigenvalue weighted by atomic mass is 79.9. The molecular weight excluding hydrogens is 322 g/mol. The van der Waals surface area contributed by atoms with Gasteiger partial charge in [-0.2, -0.15) is 0 Å². The van der Waals surface area contributed by atoms with Gasteiger partial charge < -0.3 is 20.1 Å². The summed E-state index contributed by atoms with van der Waals surface area (Å²) in [5.41, 5.74) is 0.0644. The van der Waals surface area contributed by atoms with Crippen molar-refractivity contribution in [2.75, 3.05) is 13.6 Å². The summed E-state index contributed by atoms with van der Waals surface area (Å²) in [6, 6.07) is 1.05. The van der Waals surface area contributed by atoms with E-state index in [9.17, 15) is 19.7 Å². The molecule has 0 atom stereocenters. The summed E-state index contributed by atoms with van der Waals surface area (Å²) in [5, 5.41) is 19.1. The van der Waals surface area contributed by atoms with E-state index in [1.807, 2.05) is 0 Å². The Morgan fingerprint density at radius 2 is 2.21 bits per heavy atom. The van der Waals surface area contributed by atoms with Crippen LogP contribution in [0, 0.1) is 10.1 Å². The summed E-state index contributed by atoms with van der Waals surface area (Å²) in [6.45, 7) is 0.0106. The van der Waals surface area contributed by atoms with E-state index in [0.29, 0.717) is 4.47 Å². The molecule has 0 aliphatic carbocycles. The molecule has 0 saturated carbocycles. The molecule has 1 aromatic heterocycles. The van der Waals surface area contributed by atoms with Crippen LogP contribution in [0.2, 0.25) is 0 Å². The van der Waals surface area contributed by atoms with Crippen LogP contribution in [-0.2, 0) is 4.79 Å². The average molecular weight is 332 g/mol. The number of rotatable bonds is 5. The van der Waals surface area contributed by atoms with Crippen LogP contribution >= 0.6 is 15.9 Å². The Labute approximate surface area is 116 Å². The fraction of sp³-hybridized carbons (Fsp3) is 0.300. The van der Waals surface area contributed by atoms with Gasteiger partial charge in [0.15, 0.2) is 6.20 Å². The first-order valence-corrected chi connectivity index (χ1v) is 5.89. The van der Waals surface area contributed by atoms with E-state index in [-0.39, 0.29) is 18.5 Å². The number of hydrogen-bond donors (Lipinski definition) is 1. The van der Waals surface area contributed by atoms with Crippen molar-refractivity contribution in [3.8, 4) is 0 Å². The summed E-state index contributed by atoms with van der Waals surface area (Å²) in [5.74, 6) is -1.99. The molecule has 0 spiro atoms. The van der Waals surface area contributed by atoms with Crippen LogP contribution in [0.25, 0.3) is 0 Å². The topological polar surface area (TPSA) is 114 Å². The van der Waals surface area contributed by atoms with Crippen molar-refractivity contribution in [3.05, 3.63) is 32.4 Å². The first kappa shape index (κ1) is 15.0. The lowest BCUT2D eigenvalue weighted by Gasteiger charge is -2.16. The second-order valence-corrected chi connectivity index (χ2v) is 4.50. The lowest BCUT2D eigenvalue weighted by molar-refractivity contribution is -0.389. The van der Waals surface area contributed by atoms with Crippen LogP contribution < -0.4 is 0 Å². The van der Waals surface area contributed by atoms with Crippen molar-refractivity contribution < 1.29 is 19.6 Å². The zero-order valence-electron chi connectivity index (χ0n) is 9.87. The Hall–Kier alpha value is -2.03. The molecule has 1 rings (SSSR count). The third kappa shape index (κ3) is 3.98. The van der Waals surface area contributed by atoms with E-state index in [0.717, 1.165) is 12.3 Å². The number of carboxylic acids is 1. The number of nitro groups is 1. The molecule has 19 heavy (non-hydrogen) atoms. The highest BCUT2D eigenvalue weighted by Gasteiger charge is 2.20. The van der Waals surface area contributed by atoms with Gasteiger partial charge in [-0.1, -0.05) is 0 Å². The number of pyridine rings is 1. The Bertz CT molecular complexity index is 534. The fourth-order valence-corrected chi connectivity index (χ4v) is 1.65. The predicted octanol–water partition coefficient (Wildman–Crippen LogP) is 1.30. The number of aliphatic carboxylic acids is 1. The number of hydrogen-bond acceptors (Lipinski definition) is 5. The van der Waals surface area contributed by atoms with Crippen molar-refractivity contribution in [2.45, 2.75) is 6.42 Å². The van der Waals surface area contributed by atoms with Gasteiger partial charge in [-0.05, 0) is 25.8 Å². The molecule has 1 N–H and O–H groups in total. The molecule has 1 heterocycles. The van der Waals surface area contributed by atoms with E-state index in [1.165, 1.54) is 11.9 Å². The van der Waals surface area contributed by atoms with Gasteiger partial charge in [-0.25, -0.2) is 0 Å². The largest absolute Gasteiger partial charge is 0.481 e. The molecule has 9 heteroatoms. The van der Waals surface area contributed by atoms with Crippen molar-refractivity contribution in [1.29, 1.82) is 0 Å². The summed E-state index contributed by atoms with van der Waals surface area (Å²) in [7, 11) is 1.42. The van der Waals surface area contributed by atoms with E-state index < -0.39 is 22.6 Å². The molecule has 0 bridgehead atoms. The summed E-state index contributed by atoms with van der Waals surface area (Å²) < 4.78 is 0.310. The molecule has 0 unspecified atom stereocenters. The summed E-state index contributed by atoms with van der Waals surface area (Å²) in [6.07, 6.45) is 0.962. The van der Waals surface area contributed by atoms with Crippen LogP contribution in [0.5, 0.6) is 0 Å². The van der Waals surface area contributed by atoms with Crippen LogP contribution in [0.15, 0.2) is 16.7 Å². The Balaban J connectivity index is 2.95. The van der Waals surface area contributed by atoms with Gasteiger partial charge in [-0.15, -0.1) is 0 Å². The molecule has 1 aromatic rings. The smallest absolute Gasteiger partial charge is 0.364 e. The van der Waals surface area contributed by atoms with E-state index >= 15 is 0 Å². The van der Waals surface area contributed by atoms with Gasteiger partial charge in [0, 0.05) is 19.7 Å². The Kier molecular flexibility index (Phi) is 4.93. The SMILES string of the molecule is CN(CCC(=O)O)C(=O)c1cc([N+](=O)[O-])ncc1Br. The van der Waals surface area contributed by atoms with Crippen LogP contribution in [0.4, 0.5) is 5.82 Å². The van der Waals surface area contributed by atoms with Gasteiger partial charge in [0.2, 0.25) is 0 Å². The van der Waals surface area contributed by atoms with Gasteiger partial charge in [0.05, 0.1) is 16.5 Å². The number of amides is 1. The number of carbonyl (C=O) groups excluding carboxylic acids is 1. The maximum atomic E-state index is 12.0. The second-order valence-electron chi connectivity index (χ2n) is 3.65. The van der Waals surface area contributed by atoms with Gasteiger partial charge in [0.1, 0.15) is 0 Å². The van der Waals surface area contributed by atoms with E-state index in [1.54, 1.807) is 0 Å². The predicted molar refractivity (Wildman–Crippen MR) is 67.8 cm³/mol. The highest BCUT2D eigenvalue weighted by molar-refractivity contribution is 9.10. The molecule has 102 valence electrons. The first-order valence-electron chi connectivity index (χ1n) is 5.10. The molecular formula is C10H10BrN3O5. The molecule has 0 radical (unpaired) electrons. The van der Waals surface area contributed by atoms with E-state index in [2.05, 4.69) is 20.9 Å². The minimum atomic E-state index is -1.03. The van der Waals surface area contributed by atoms with Crippen molar-refractivity contribution in [2.24, 2.45) is 0 Å².